The lowest BCUT2D eigenvalue weighted by Gasteiger charge is -2.12. The van der Waals surface area contributed by atoms with Gasteiger partial charge in [0.15, 0.2) is 0 Å². The number of esters is 1. The van der Waals surface area contributed by atoms with Gasteiger partial charge in [-0.2, -0.15) is 5.10 Å². The first-order chi connectivity index (χ1) is 9.20. The standard InChI is InChI=1S/C14H16N2O3/c1-2-9-19-14(18)11-5-3-10(4-6-11)12-7-8-13(17)16-15-12/h3-6H,2,7-9H2,1H3,(H,16,17). The lowest BCUT2D eigenvalue weighted by Crippen LogP contribution is -2.25. The van der Waals surface area contributed by atoms with E-state index in [-0.39, 0.29) is 11.9 Å². The number of hydrazone groups is 1. The Labute approximate surface area is 111 Å². The molecule has 0 saturated carbocycles. The smallest absolute Gasteiger partial charge is 0.338 e. The molecule has 1 aliphatic rings. The van der Waals surface area contributed by atoms with Crippen molar-refractivity contribution in [2.24, 2.45) is 5.10 Å². The molecule has 0 bridgehead atoms. The summed E-state index contributed by atoms with van der Waals surface area (Å²) in [6.45, 7) is 2.38. The van der Waals surface area contributed by atoms with Crippen molar-refractivity contribution in [3.63, 3.8) is 0 Å². The topological polar surface area (TPSA) is 67.8 Å². The Morgan fingerprint density at radius 2 is 2.05 bits per heavy atom. The van der Waals surface area contributed by atoms with E-state index in [0.29, 0.717) is 25.0 Å². The fraction of sp³-hybridized carbons (Fsp3) is 0.357. The van der Waals surface area contributed by atoms with Crippen molar-refractivity contribution in [2.45, 2.75) is 26.2 Å². The molecule has 1 aromatic rings. The highest BCUT2D eigenvalue weighted by Gasteiger charge is 2.14. The number of carbonyl (C=O) groups is 2. The molecule has 0 aliphatic carbocycles. The van der Waals surface area contributed by atoms with E-state index in [1.54, 1.807) is 12.1 Å². The number of hydrogen-bond acceptors (Lipinski definition) is 4. The summed E-state index contributed by atoms with van der Waals surface area (Å²) in [5.41, 5.74) is 4.72. The second kappa shape index (κ2) is 6.13. The first-order valence-corrected chi connectivity index (χ1v) is 6.33. The van der Waals surface area contributed by atoms with E-state index in [2.05, 4.69) is 10.5 Å². The zero-order chi connectivity index (χ0) is 13.7. The molecule has 0 radical (unpaired) electrons. The van der Waals surface area contributed by atoms with Gasteiger partial charge in [-0.25, -0.2) is 10.2 Å². The highest BCUT2D eigenvalue weighted by molar-refractivity contribution is 6.04. The molecule has 1 heterocycles. The van der Waals surface area contributed by atoms with Gasteiger partial charge in [0.25, 0.3) is 0 Å². The molecule has 5 nitrogen and oxygen atoms in total. The number of ether oxygens (including phenoxy) is 1. The summed E-state index contributed by atoms with van der Waals surface area (Å²) in [4.78, 5) is 22.6. The van der Waals surface area contributed by atoms with Crippen LogP contribution in [-0.2, 0) is 9.53 Å². The average molecular weight is 260 g/mol. The fourth-order valence-corrected chi connectivity index (χ4v) is 1.76. The summed E-state index contributed by atoms with van der Waals surface area (Å²) in [5, 5.41) is 4.01. The van der Waals surface area contributed by atoms with E-state index in [9.17, 15) is 9.59 Å². The Kier molecular flexibility index (Phi) is 4.28. The van der Waals surface area contributed by atoms with Crippen LogP contribution in [0.15, 0.2) is 29.4 Å². The van der Waals surface area contributed by atoms with Crippen LogP contribution in [0.25, 0.3) is 0 Å². The van der Waals surface area contributed by atoms with Gasteiger partial charge < -0.3 is 4.74 Å². The van der Waals surface area contributed by atoms with E-state index < -0.39 is 0 Å². The monoisotopic (exact) mass is 260 g/mol. The summed E-state index contributed by atoms with van der Waals surface area (Å²) >= 11 is 0. The first-order valence-electron chi connectivity index (χ1n) is 6.33. The van der Waals surface area contributed by atoms with Gasteiger partial charge in [0.2, 0.25) is 5.91 Å². The third-order valence-electron chi connectivity index (χ3n) is 2.80. The lowest BCUT2D eigenvalue weighted by molar-refractivity contribution is -0.121. The largest absolute Gasteiger partial charge is 0.462 e. The van der Waals surface area contributed by atoms with Gasteiger partial charge in [-0.3, -0.25) is 4.79 Å². The van der Waals surface area contributed by atoms with Gasteiger partial charge in [-0.1, -0.05) is 19.1 Å². The van der Waals surface area contributed by atoms with Crippen molar-refractivity contribution in [3.8, 4) is 0 Å². The van der Waals surface area contributed by atoms with Gasteiger partial charge in [-0.05, 0) is 24.1 Å². The highest BCUT2D eigenvalue weighted by atomic mass is 16.5. The molecule has 100 valence electrons. The number of nitrogens with zero attached hydrogens (tertiary/aromatic N) is 1. The summed E-state index contributed by atoms with van der Waals surface area (Å²) in [7, 11) is 0. The number of amides is 1. The van der Waals surface area contributed by atoms with E-state index in [1.807, 2.05) is 19.1 Å². The van der Waals surface area contributed by atoms with Crippen LogP contribution in [0.5, 0.6) is 0 Å². The second-order valence-electron chi connectivity index (χ2n) is 4.31. The summed E-state index contributed by atoms with van der Waals surface area (Å²) in [5.74, 6) is -0.379. The maximum absolute atomic E-state index is 11.6. The van der Waals surface area contributed by atoms with Gasteiger partial charge in [-0.15, -0.1) is 0 Å². The molecular formula is C14H16N2O3. The van der Waals surface area contributed by atoms with Crippen molar-refractivity contribution in [1.29, 1.82) is 0 Å². The maximum Gasteiger partial charge on any atom is 0.338 e. The van der Waals surface area contributed by atoms with Crippen LogP contribution in [0.2, 0.25) is 0 Å². The van der Waals surface area contributed by atoms with Crippen LogP contribution in [0.1, 0.15) is 42.1 Å². The van der Waals surface area contributed by atoms with E-state index in [0.717, 1.165) is 17.7 Å². The van der Waals surface area contributed by atoms with Crippen LogP contribution in [0, 0.1) is 0 Å². The molecule has 0 fully saturated rings. The molecular weight excluding hydrogens is 244 g/mol. The van der Waals surface area contributed by atoms with Crippen LogP contribution in [-0.4, -0.2) is 24.2 Å². The van der Waals surface area contributed by atoms with Gasteiger partial charge in [0.05, 0.1) is 17.9 Å². The minimum atomic E-state index is -0.313. The van der Waals surface area contributed by atoms with Crippen molar-refractivity contribution >= 4 is 17.6 Å². The number of hydrogen-bond donors (Lipinski definition) is 1. The minimum Gasteiger partial charge on any atom is -0.462 e. The molecule has 1 aromatic carbocycles. The quantitative estimate of drug-likeness (QED) is 0.840. The lowest BCUT2D eigenvalue weighted by atomic mass is 10.0. The SMILES string of the molecule is CCCOC(=O)c1ccc(C2=NNC(=O)CC2)cc1. The Balaban J connectivity index is 2.06. The van der Waals surface area contributed by atoms with Crippen LogP contribution in [0.4, 0.5) is 0 Å². The number of carbonyl (C=O) groups excluding carboxylic acids is 2. The van der Waals surface area contributed by atoms with E-state index in [1.165, 1.54) is 0 Å². The Hall–Kier alpha value is -2.17. The van der Waals surface area contributed by atoms with Gasteiger partial charge in [0.1, 0.15) is 0 Å². The number of rotatable bonds is 4. The van der Waals surface area contributed by atoms with Gasteiger partial charge in [0, 0.05) is 12.8 Å². The molecule has 0 spiro atoms. The summed E-state index contributed by atoms with van der Waals surface area (Å²) in [6.07, 6.45) is 1.87. The third kappa shape index (κ3) is 3.40. The molecule has 1 aliphatic heterocycles. The predicted octanol–water partition coefficient (Wildman–Crippen LogP) is 1.87. The van der Waals surface area contributed by atoms with E-state index >= 15 is 0 Å². The van der Waals surface area contributed by atoms with Crippen molar-refractivity contribution in [2.75, 3.05) is 6.61 Å². The first kappa shape index (κ1) is 13.3. The Morgan fingerprint density at radius 1 is 1.32 bits per heavy atom. The third-order valence-corrected chi connectivity index (χ3v) is 2.80. The Bertz CT molecular complexity index is 506. The molecule has 0 aromatic heterocycles. The minimum absolute atomic E-state index is 0.0662. The fourth-order valence-electron chi connectivity index (χ4n) is 1.76. The molecule has 1 amide bonds. The molecule has 5 heteroatoms. The van der Waals surface area contributed by atoms with Crippen LogP contribution >= 0.6 is 0 Å². The summed E-state index contributed by atoms with van der Waals surface area (Å²) in [6, 6.07) is 7.07. The van der Waals surface area contributed by atoms with Crippen LogP contribution < -0.4 is 5.43 Å². The molecule has 0 atom stereocenters. The number of benzene rings is 1. The number of nitrogens with one attached hydrogen (secondary N) is 1. The van der Waals surface area contributed by atoms with Crippen molar-refractivity contribution < 1.29 is 14.3 Å². The molecule has 0 saturated heterocycles. The molecule has 0 unspecified atom stereocenters. The van der Waals surface area contributed by atoms with E-state index in [4.69, 9.17) is 4.74 Å². The molecule has 2 rings (SSSR count). The van der Waals surface area contributed by atoms with Gasteiger partial charge >= 0.3 is 5.97 Å². The highest BCUT2D eigenvalue weighted by Crippen LogP contribution is 2.12. The maximum atomic E-state index is 11.6. The van der Waals surface area contributed by atoms with Crippen molar-refractivity contribution in [3.05, 3.63) is 35.4 Å². The Morgan fingerprint density at radius 3 is 2.63 bits per heavy atom. The van der Waals surface area contributed by atoms with Crippen molar-refractivity contribution in [1.82, 2.24) is 5.43 Å². The predicted molar refractivity (Wildman–Crippen MR) is 70.9 cm³/mol. The average Bonchev–Trinajstić information content (AvgIpc) is 2.46. The zero-order valence-electron chi connectivity index (χ0n) is 10.8. The van der Waals surface area contributed by atoms with Crippen LogP contribution in [0.3, 0.4) is 0 Å². The second-order valence-corrected chi connectivity index (χ2v) is 4.31. The summed E-state index contributed by atoms with van der Waals surface area (Å²) < 4.78 is 5.05. The molecule has 1 N–H and O–H groups in total. The normalized spacial score (nSPS) is 14.6. The molecule has 19 heavy (non-hydrogen) atoms. The zero-order valence-corrected chi connectivity index (χ0v) is 10.8.